The predicted octanol–water partition coefficient (Wildman–Crippen LogP) is 3.70. The van der Waals surface area contributed by atoms with Crippen LogP contribution in [0.2, 0.25) is 0 Å². The molecule has 0 aliphatic heterocycles. The number of alkyl halides is 1. The molecule has 0 radical (unpaired) electrons. The highest BCUT2D eigenvalue weighted by atomic mass is 127. The maximum atomic E-state index is 12.1. The number of hydrogen-bond donors (Lipinski definition) is 0. The van der Waals surface area contributed by atoms with Gasteiger partial charge < -0.3 is 0 Å². The summed E-state index contributed by atoms with van der Waals surface area (Å²) in [5, 5.41) is 0. The van der Waals surface area contributed by atoms with E-state index in [1.165, 1.54) is 0 Å². The molecule has 0 heterocycles. The Hall–Kier alpha value is -0.920. The number of aryl methyl sites for hydroxylation is 1. The van der Waals surface area contributed by atoms with Crippen LogP contribution < -0.4 is 0 Å². The van der Waals surface area contributed by atoms with E-state index in [0.717, 1.165) is 11.1 Å². The Bertz CT molecular complexity index is 651. The van der Waals surface area contributed by atoms with Gasteiger partial charge in [-0.15, -0.1) is 0 Å². The second kappa shape index (κ2) is 6.69. The molecule has 0 N–H and O–H groups in total. The standard InChI is InChI=1S/C15H15IO3S/c1-12-7-9-14(10-8-12)20(17,18)19-15(16)11-13-5-3-2-4-6-13/h2-10,15H,11H2,1H3. The van der Waals surface area contributed by atoms with Crippen LogP contribution in [0.25, 0.3) is 0 Å². The maximum absolute atomic E-state index is 12.1. The van der Waals surface area contributed by atoms with Crippen LogP contribution in [0.5, 0.6) is 0 Å². The number of hydrogen-bond acceptors (Lipinski definition) is 3. The molecule has 0 amide bonds. The van der Waals surface area contributed by atoms with Crippen molar-refractivity contribution >= 4 is 32.7 Å². The summed E-state index contributed by atoms with van der Waals surface area (Å²) < 4.78 is 29.0. The van der Waals surface area contributed by atoms with Gasteiger partial charge in [-0.05, 0) is 47.2 Å². The van der Waals surface area contributed by atoms with Crippen molar-refractivity contribution in [1.29, 1.82) is 0 Å². The first-order chi connectivity index (χ1) is 9.47. The van der Waals surface area contributed by atoms with E-state index in [4.69, 9.17) is 4.18 Å². The second-order valence-electron chi connectivity index (χ2n) is 4.46. The van der Waals surface area contributed by atoms with E-state index < -0.39 is 14.2 Å². The molecule has 106 valence electrons. The minimum absolute atomic E-state index is 0.192. The molecule has 0 aromatic heterocycles. The third kappa shape index (κ3) is 4.29. The van der Waals surface area contributed by atoms with E-state index in [1.807, 2.05) is 59.8 Å². The molecule has 20 heavy (non-hydrogen) atoms. The Labute approximate surface area is 133 Å². The Morgan fingerprint density at radius 2 is 1.65 bits per heavy atom. The van der Waals surface area contributed by atoms with Crippen LogP contribution in [0, 0.1) is 6.92 Å². The van der Waals surface area contributed by atoms with E-state index in [2.05, 4.69) is 0 Å². The molecule has 0 saturated carbocycles. The number of rotatable bonds is 5. The first-order valence-corrected chi connectivity index (χ1v) is 8.81. The van der Waals surface area contributed by atoms with E-state index in [1.54, 1.807) is 24.3 Å². The van der Waals surface area contributed by atoms with Crippen molar-refractivity contribution in [1.82, 2.24) is 0 Å². The molecule has 2 aromatic rings. The fraction of sp³-hybridized carbons (Fsp3) is 0.200. The van der Waals surface area contributed by atoms with E-state index in [-0.39, 0.29) is 4.90 Å². The van der Waals surface area contributed by atoms with Gasteiger partial charge in [-0.1, -0.05) is 48.0 Å². The van der Waals surface area contributed by atoms with Crippen molar-refractivity contribution in [3.8, 4) is 0 Å². The highest BCUT2D eigenvalue weighted by molar-refractivity contribution is 14.1. The molecule has 1 unspecified atom stereocenters. The van der Waals surface area contributed by atoms with Crippen LogP contribution in [0.4, 0.5) is 0 Å². The number of benzene rings is 2. The largest absolute Gasteiger partial charge is 0.297 e. The van der Waals surface area contributed by atoms with Gasteiger partial charge in [-0.3, -0.25) is 4.18 Å². The summed E-state index contributed by atoms with van der Waals surface area (Å²) in [7, 11) is -3.70. The zero-order valence-corrected chi connectivity index (χ0v) is 14.0. The molecule has 3 nitrogen and oxygen atoms in total. The predicted molar refractivity (Wildman–Crippen MR) is 87.4 cm³/mol. The summed E-state index contributed by atoms with van der Waals surface area (Å²) in [6.07, 6.45) is 0.548. The van der Waals surface area contributed by atoms with Gasteiger partial charge in [0.15, 0.2) is 0 Å². The van der Waals surface area contributed by atoms with Gasteiger partial charge in [0.2, 0.25) is 0 Å². The van der Waals surface area contributed by atoms with Crippen LogP contribution in [0.1, 0.15) is 11.1 Å². The average Bonchev–Trinajstić information content (AvgIpc) is 2.39. The van der Waals surface area contributed by atoms with Gasteiger partial charge in [0, 0.05) is 6.42 Å². The fourth-order valence-corrected chi connectivity index (χ4v) is 3.98. The summed E-state index contributed by atoms with van der Waals surface area (Å²) in [6, 6.07) is 16.3. The second-order valence-corrected chi connectivity index (χ2v) is 7.42. The molecule has 0 bridgehead atoms. The van der Waals surface area contributed by atoms with E-state index in [0.29, 0.717) is 6.42 Å². The van der Waals surface area contributed by atoms with Gasteiger partial charge in [-0.2, -0.15) is 8.42 Å². The third-order valence-electron chi connectivity index (χ3n) is 2.78. The lowest BCUT2D eigenvalue weighted by Crippen LogP contribution is -2.15. The van der Waals surface area contributed by atoms with Crippen LogP contribution in [-0.4, -0.2) is 12.5 Å². The monoisotopic (exact) mass is 402 g/mol. The molecule has 0 saturated heterocycles. The molecular weight excluding hydrogens is 387 g/mol. The molecule has 2 rings (SSSR count). The highest BCUT2D eigenvalue weighted by Crippen LogP contribution is 2.20. The fourth-order valence-electron chi connectivity index (χ4n) is 1.73. The molecule has 2 aromatic carbocycles. The zero-order chi connectivity index (χ0) is 14.6. The zero-order valence-electron chi connectivity index (χ0n) is 11.0. The van der Waals surface area contributed by atoms with Gasteiger partial charge >= 0.3 is 0 Å². The van der Waals surface area contributed by atoms with Crippen LogP contribution in [-0.2, 0) is 20.7 Å². The van der Waals surface area contributed by atoms with E-state index >= 15 is 0 Å². The summed E-state index contributed by atoms with van der Waals surface area (Å²) in [6.45, 7) is 1.91. The topological polar surface area (TPSA) is 43.4 Å². The maximum Gasteiger partial charge on any atom is 0.297 e. The minimum atomic E-state index is -3.70. The van der Waals surface area contributed by atoms with Crippen molar-refractivity contribution in [3.63, 3.8) is 0 Å². The first kappa shape index (κ1) is 15.5. The quantitative estimate of drug-likeness (QED) is 0.435. The Morgan fingerprint density at radius 3 is 2.25 bits per heavy atom. The van der Waals surface area contributed by atoms with Crippen molar-refractivity contribution in [2.75, 3.05) is 0 Å². The molecular formula is C15H15IO3S. The lowest BCUT2D eigenvalue weighted by molar-refractivity contribution is 0.306. The lowest BCUT2D eigenvalue weighted by atomic mass is 10.2. The Balaban J connectivity index is 2.06. The van der Waals surface area contributed by atoms with Crippen molar-refractivity contribution < 1.29 is 12.6 Å². The SMILES string of the molecule is Cc1ccc(S(=O)(=O)OC(I)Cc2ccccc2)cc1. The van der Waals surface area contributed by atoms with Gasteiger partial charge in [0.1, 0.15) is 4.11 Å². The molecule has 0 aliphatic rings. The van der Waals surface area contributed by atoms with Crippen LogP contribution in [0.3, 0.4) is 0 Å². The molecule has 1 atom stereocenters. The summed E-state index contributed by atoms with van der Waals surface area (Å²) in [5.74, 6) is 0. The Morgan fingerprint density at radius 1 is 1.05 bits per heavy atom. The first-order valence-electron chi connectivity index (χ1n) is 6.15. The normalized spacial score (nSPS) is 13.1. The van der Waals surface area contributed by atoms with Crippen molar-refractivity contribution in [2.24, 2.45) is 0 Å². The van der Waals surface area contributed by atoms with Gasteiger partial charge in [-0.25, -0.2) is 0 Å². The van der Waals surface area contributed by atoms with Crippen LogP contribution >= 0.6 is 22.6 Å². The lowest BCUT2D eigenvalue weighted by Gasteiger charge is -2.12. The van der Waals surface area contributed by atoms with Gasteiger partial charge in [0.25, 0.3) is 10.1 Å². The molecule has 0 spiro atoms. The summed E-state index contributed by atoms with van der Waals surface area (Å²) >= 11 is 2.00. The smallest absolute Gasteiger partial charge is 0.252 e. The van der Waals surface area contributed by atoms with Crippen LogP contribution in [0.15, 0.2) is 59.5 Å². The Kier molecular flexibility index (Phi) is 5.17. The van der Waals surface area contributed by atoms with Crippen molar-refractivity contribution in [2.45, 2.75) is 22.4 Å². The summed E-state index contributed by atoms with van der Waals surface area (Å²) in [5.41, 5.74) is 2.06. The highest BCUT2D eigenvalue weighted by Gasteiger charge is 2.20. The van der Waals surface area contributed by atoms with Gasteiger partial charge in [0.05, 0.1) is 4.90 Å². The number of halogens is 1. The van der Waals surface area contributed by atoms with Crippen molar-refractivity contribution in [3.05, 3.63) is 65.7 Å². The minimum Gasteiger partial charge on any atom is -0.252 e. The molecule has 0 fully saturated rings. The summed E-state index contributed by atoms with van der Waals surface area (Å²) in [4.78, 5) is 0.192. The molecule has 5 heteroatoms. The molecule has 0 aliphatic carbocycles. The van der Waals surface area contributed by atoms with E-state index in [9.17, 15) is 8.42 Å². The third-order valence-corrected chi connectivity index (χ3v) is 5.15. The average molecular weight is 402 g/mol.